The number of hydrogen-bond acceptors (Lipinski definition) is 3. The summed E-state index contributed by atoms with van der Waals surface area (Å²) in [6, 6.07) is 21.9. The van der Waals surface area contributed by atoms with Gasteiger partial charge in [0.2, 0.25) is 0 Å². The highest BCUT2D eigenvalue weighted by molar-refractivity contribution is 5.18. The molecule has 0 amide bonds. The van der Waals surface area contributed by atoms with Gasteiger partial charge < -0.3 is 5.11 Å². The molecule has 0 bridgehead atoms. The first-order valence-corrected chi connectivity index (χ1v) is 7.16. The molecule has 3 heteroatoms. The van der Waals surface area contributed by atoms with Crippen molar-refractivity contribution in [3.05, 3.63) is 71.8 Å². The van der Waals surface area contributed by atoms with Crippen LogP contribution in [0, 0.1) is 11.3 Å². The Bertz CT molecular complexity index is 563. The molecular formula is C18H20N2O. The van der Waals surface area contributed by atoms with Gasteiger partial charge in [0.15, 0.2) is 0 Å². The van der Waals surface area contributed by atoms with Crippen molar-refractivity contribution in [1.82, 2.24) is 4.90 Å². The van der Waals surface area contributed by atoms with Gasteiger partial charge in [0.1, 0.15) is 0 Å². The fraction of sp³-hybridized carbons (Fsp3) is 0.278. The summed E-state index contributed by atoms with van der Waals surface area (Å²) in [6.07, 6.45) is -0.0671. The number of nitriles is 1. The molecule has 2 aromatic rings. The minimum Gasteiger partial charge on any atom is -0.387 e. The second kappa shape index (κ2) is 8.21. The van der Waals surface area contributed by atoms with Crippen LogP contribution in [0.2, 0.25) is 0 Å². The zero-order valence-corrected chi connectivity index (χ0v) is 12.0. The number of aliphatic hydroxyl groups excluding tert-OH is 1. The third-order valence-corrected chi connectivity index (χ3v) is 3.40. The van der Waals surface area contributed by atoms with Gasteiger partial charge in [0.25, 0.3) is 0 Å². The molecule has 3 nitrogen and oxygen atoms in total. The van der Waals surface area contributed by atoms with E-state index in [1.165, 1.54) is 5.56 Å². The number of nitrogens with zero attached hydrogens (tertiary/aromatic N) is 2. The Morgan fingerprint density at radius 3 is 2.24 bits per heavy atom. The van der Waals surface area contributed by atoms with Gasteiger partial charge >= 0.3 is 0 Å². The van der Waals surface area contributed by atoms with Crippen LogP contribution >= 0.6 is 0 Å². The Kier molecular flexibility index (Phi) is 5.96. The molecule has 108 valence electrons. The molecule has 1 N–H and O–H groups in total. The monoisotopic (exact) mass is 280 g/mol. The molecule has 21 heavy (non-hydrogen) atoms. The third-order valence-electron chi connectivity index (χ3n) is 3.40. The molecule has 0 aliphatic heterocycles. The van der Waals surface area contributed by atoms with Crippen molar-refractivity contribution in [2.45, 2.75) is 19.1 Å². The molecule has 0 heterocycles. The number of benzene rings is 2. The summed E-state index contributed by atoms with van der Waals surface area (Å²) in [5, 5.41) is 19.1. The van der Waals surface area contributed by atoms with Crippen molar-refractivity contribution < 1.29 is 5.11 Å². The summed E-state index contributed by atoms with van der Waals surface area (Å²) >= 11 is 0. The SMILES string of the molecule is N#CCCN(Cc1ccccc1)C[C@H](O)c1ccccc1. The van der Waals surface area contributed by atoms with Crippen LogP contribution in [-0.4, -0.2) is 23.1 Å². The van der Waals surface area contributed by atoms with Gasteiger partial charge in [-0.15, -0.1) is 0 Å². The van der Waals surface area contributed by atoms with Crippen molar-refractivity contribution >= 4 is 0 Å². The second-order valence-electron chi connectivity index (χ2n) is 5.06. The van der Waals surface area contributed by atoms with Gasteiger partial charge in [0.05, 0.1) is 12.2 Å². The van der Waals surface area contributed by atoms with Crippen LogP contribution in [0.1, 0.15) is 23.7 Å². The Labute approximate surface area is 126 Å². The van der Waals surface area contributed by atoms with Gasteiger partial charge in [-0.2, -0.15) is 5.26 Å². The molecule has 2 aromatic carbocycles. The lowest BCUT2D eigenvalue weighted by Crippen LogP contribution is -2.29. The first-order valence-electron chi connectivity index (χ1n) is 7.16. The summed E-state index contributed by atoms with van der Waals surface area (Å²) in [4.78, 5) is 2.12. The molecule has 0 aliphatic carbocycles. The highest BCUT2D eigenvalue weighted by Crippen LogP contribution is 2.15. The maximum absolute atomic E-state index is 10.3. The molecule has 0 aromatic heterocycles. The van der Waals surface area contributed by atoms with E-state index in [1.54, 1.807) is 0 Å². The van der Waals surface area contributed by atoms with Gasteiger partial charge in [-0.1, -0.05) is 60.7 Å². The highest BCUT2D eigenvalue weighted by atomic mass is 16.3. The molecule has 2 rings (SSSR count). The van der Waals surface area contributed by atoms with E-state index in [4.69, 9.17) is 5.26 Å². The molecule has 0 spiro atoms. The van der Waals surface area contributed by atoms with E-state index in [0.29, 0.717) is 19.5 Å². The first-order chi connectivity index (χ1) is 10.3. The van der Waals surface area contributed by atoms with E-state index in [2.05, 4.69) is 23.1 Å². The van der Waals surface area contributed by atoms with Crippen LogP contribution in [-0.2, 0) is 6.54 Å². The Morgan fingerprint density at radius 2 is 1.62 bits per heavy atom. The molecule has 0 saturated carbocycles. The topological polar surface area (TPSA) is 47.3 Å². The number of aliphatic hydroxyl groups is 1. The molecule has 0 aliphatic rings. The minimum absolute atomic E-state index is 0.467. The average Bonchev–Trinajstić information content (AvgIpc) is 2.54. The maximum Gasteiger partial charge on any atom is 0.0917 e. The summed E-state index contributed by atoms with van der Waals surface area (Å²) in [5.41, 5.74) is 2.10. The van der Waals surface area contributed by atoms with E-state index in [9.17, 15) is 5.11 Å². The van der Waals surface area contributed by atoms with E-state index >= 15 is 0 Å². The molecule has 0 fully saturated rings. The van der Waals surface area contributed by atoms with Crippen LogP contribution < -0.4 is 0 Å². The van der Waals surface area contributed by atoms with Crippen LogP contribution in [0.5, 0.6) is 0 Å². The van der Waals surface area contributed by atoms with Crippen molar-refractivity contribution in [1.29, 1.82) is 5.26 Å². The Balaban J connectivity index is 2.01. The summed E-state index contributed by atoms with van der Waals surface area (Å²) in [6.45, 7) is 1.93. The quantitative estimate of drug-likeness (QED) is 0.847. The lowest BCUT2D eigenvalue weighted by Gasteiger charge is -2.24. The van der Waals surface area contributed by atoms with Crippen molar-refractivity contribution in [3.63, 3.8) is 0 Å². The van der Waals surface area contributed by atoms with Crippen LogP contribution in [0.3, 0.4) is 0 Å². The smallest absolute Gasteiger partial charge is 0.0917 e. The van der Waals surface area contributed by atoms with E-state index in [1.807, 2.05) is 48.5 Å². The molecular weight excluding hydrogens is 260 g/mol. The normalized spacial score (nSPS) is 12.0. The molecule has 0 radical (unpaired) electrons. The van der Waals surface area contributed by atoms with Crippen molar-refractivity contribution in [2.24, 2.45) is 0 Å². The van der Waals surface area contributed by atoms with Crippen LogP contribution in [0.25, 0.3) is 0 Å². The summed E-state index contributed by atoms with van der Waals surface area (Å²) < 4.78 is 0. The molecule has 0 saturated heterocycles. The van der Waals surface area contributed by atoms with E-state index in [0.717, 1.165) is 12.1 Å². The number of hydrogen-bond donors (Lipinski definition) is 1. The zero-order chi connectivity index (χ0) is 14.9. The minimum atomic E-state index is -0.534. The van der Waals surface area contributed by atoms with Crippen LogP contribution in [0.4, 0.5) is 0 Å². The lowest BCUT2D eigenvalue weighted by molar-refractivity contribution is 0.110. The predicted octanol–water partition coefficient (Wildman–Crippen LogP) is 3.14. The standard InChI is InChI=1S/C18H20N2O/c19-12-7-13-20(14-16-8-3-1-4-9-16)15-18(21)17-10-5-2-6-11-17/h1-6,8-11,18,21H,7,13-15H2/t18-/m0/s1. The predicted molar refractivity (Wildman–Crippen MR) is 83.4 cm³/mol. The molecule has 1 atom stereocenters. The van der Waals surface area contributed by atoms with Gasteiger partial charge in [-0.05, 0) is 11.1 Å². The van der Waals surface area contributed by atoms with E-state index in [-0.39, 0.29) is 0 Å². The average molecular weight is 280 g/mol. The summed E-state index contributed by atoms with van der Waals surface area (Å²) in [7, 11) is 0. The highest BCUT2D eigenvalue weighted by Gasteiger charge is 2.13. The zero-order valence-electron chi connectivity index (χ0n) is 12.0. The van der Waals surface area contributed by atoms with Crippen molar-refractivity contribution in [2.75, 3.05) is 13.1 Å². The van der Waals surface area contributed by atoms with Gasteiger partial charge in [-0.25, -0.2) is 0 Å². The van der Waals surface area contributed by atoms with Crippen LogP contribution in [0.15, 0.2) is 60.7 Å². The Hall–Kier alpha value is -2.15. The van der Waals surface area contributed by atoms with E-state index < -0.39 is 6.10 Å². The van der Waals surface area contributed by atoms with Gasteiger partial charge in [-0.3, -0.25) is 4.90 Å². The summed E-state index contributed by atoms with van der Waals surface area (Å²) in [5.74, 6) is 0. The third kappa shape index (κ3) is 5.03. The second-order valence-corrected chi connectivity index (χ2v) is 5.06. The maximum atomic E-state index is 10.3. The largest absolute Gasteiger partial charge is 0.387 e. The number of rotatable bonds is 7. The fourth-order valence-corrected chi connectivity index (χ4v) is 2.31. The fourth-order valence-electron chi connectivity index (χ4n) is 2.31. The van der Waals surface area contributed by atoms with Crippen molar-refractivity contribution in [3.8, 4) is 6.07 Å². The molecule has 0 unspecified atom stereocenters. The lowest BCUT2D eigenvalue weighted by atomic mass is 10.1. The van der Waals surface area contributed by atoms with Gasteiger partial charge in [0, 0.05) is 26.1 Å². The first kappa shape index (κ1) is 15.2. The Morgan fingerprint density at radius 1 is 1.00 bits per heavy atom.